The SMILES string of the molecule is O=C1CCC(N2Cc3c(NC=C4C(=O)CC(c5ccc(F)cc5Br)CC4=O)cccc3C2=O)C(=O)N1. The van der Waals surface area contributed by atoms with Crippen LogP contribution in [0.15, 0.2) is 52.6 Å². The maximum Gasteiger partial charge on any atom is 0.255 e. The van der Waals surface area contributed by atoms with Crippen molar-refractivity contribution >= 4 is 50.9 Å². The van der Waals surface area contributed by atoms with Crippen molar-refractivity contribution in [2.24, 2.45) is 0 Å². The third-order valence-corrected chi connectivity index (χ3v) is 7.51. The zero-order valence-electron chi connectivity index (χ0n) is 19.0. The summed E-state index contributed by atoms with van der Waals surface area (Å²) in [6, 6.07) is 8.52. The van der Waals surface area contributed by atoms with Gasteiger partial charge in [0.1, 0.15) is 11.9 Å². The molecule has 8 nitrogen and oxygen atoms in total. The molecule has 2 heterocycles. The number of rotatable bonds is 4. The van der Waals surface area contributed by atoms with Crippen LogP contribution in [-0.2, 0) is 25.7 Å². The molecule has 0 radical (unpaired) electrons. The molecule has 0 aromatic heterocycles. The number of allylic oxidation sites excluding steroid dienone is 1. The Hall–Kier alpha value is -3.66. The summed E-state index contributed by atoms with van der Waals surface area (Å²) in [6.45, 7) is 0.162. The van der Waals surface area contributed by atoms with E-state index >= 15 is 0 Å². The van der Waals surface area contributed by atoms with Gasteiger partial charge in [0, 0.05) is 53.3 Å². The van der Waals surface area contributed by atoms with E-state index in [2.05, 4.69) is 26.6 Å². The summed E-state index contributed by atoms with van der Waals surface area (Å²) in [5.41, 5.74) is 2.36. The van der Waals surface area contributed by atoms with Crippen LogP contribution >= 0.6 is 15.9 Å². The Kier molecular flexibility index (Phi) is 6.29. The molecule has 1 atom stereocenters. The number of imide groups is 1. The van der Waals surface area contributed by atoms with E-state index in [-0.39, 0.29) is 67.1 Å². The van der Waals surface area contributed by atoms with E-state index < -0.39 is 17.8 Å². The van der Waals surface area contributed by atoms with E-state index in [4.69, 9.17) is 0 Å². The molecule has 1 unspecified atom stereocenters. The smallest absolute Gasteiger partial charge is 0.255 e. The maximum absolute atomic E-state index is 13.4. The van der Waals surface area contributed by atoms with Crippen LogP contribution in [0.5, 0.6) is 0 Å². The zero-order chi connectivity index (χ0) is 25.6. The molecule has 1 saturated carbocycles. The Morgan fingerprint density at radius 3 is 2.50 bits per heavy atom. The fourth-order valence-electron chi connectivity index (χ4n) is 4.98. The van der Waals surface area contributed by atoms with Crippen molar-refractivity contribution in [1.29, 1.82) is 0 Å². The highest BCUT2D eigenvalue weighted by atomic mass is 79.9. The number of Topliss-reactive ketones (excluding diaryl/α,β-unsaturated/α-hetero) is 2. The van der Waals surface area contributed by atoms with Crippen LogP contribution in [0, 0.1) is 5.82 Å². The number of piperidine rings is 1. The molecule has 184 valence electrons. The van der Waals surface area contributed by atoms with Crippen LogP contribution in [0.25, 0.3) is 0 Å². The number of carbonyl (C=O) groups is 5. The van der Waals surface area contributed by atoms with Crippen LogP contribution in [0.3, 0.4) is 0 Å². The first-order chi connectivity index (χ1) is 17.2. The molecular weight excluding hydrogens is 533 g/mol. The molecule has 3 amide bonds. The third kappa shape index (κ3) is 4.37. The number of nitrogens with one attached hydrogen (secondary N) is 2. The van der Waals surface area contributed by atoms with Crippen LogP contribution in [0.2, 0.25) is 0 Å². The predicted octanol–water partition coefficient (Wildman–Crippen LogP) is 3.36. The number of hydrogen-bond acceptors (Lipinski definition) is 6. The number of fused-ring (bicyclic) bond motifs is 1. The average molecular weight is 554 g/mol. The Labute approximate surface area is 214 Å². The van der Waals surface area contributed by atoms with E-state index in [1.54, 1.807) is 24.3 Å². The maximum atomic E-state index is 13.4. The van der Waals surface area contributed by atoms with Gasteiger partial charge in [0.15, 0.2) is 11.6 Å². The molecule has 36 heavy (non-hydrogen) atoms. The van der Waals surface area contributed by atoms with Crippen molar-refractivity contribution in [3.8, 4) is 0 Å². The third-order valence-electron chi connectivity index (χ3n) is 6.82. The topological polar surface area (TPSA) is 113 Å². The molecule has 2 fully saturated rings. The Balaban J connectivity index is 1.33. The summed E-state index contributed by atoms with van der Waals surface area (Å²) < 4.78 is 14.0. The van der Waals surface area contributed by atoms with Crippen LogP contribution < -0.4 is 10.6 Å². The number of hydrogen-bond donors (Lipinski definition) is 2. The van der Waals surface area contributed by atoms with Gasteiger partial charge in [-0.3, -0.25) is 29.3 Å². The molecule has 10 heteroatoms. The van der Waals surface area contributed by atoms with E-state index in [9.17, 15) is 28.4 Å². The molecular formula is C26H21BrFN3O5. The number of amides is 3. The highest BCUT2D eigenvalue weighted by Gasteiger charge is 2.40. The lowest BCUT2D eigenvalue weighted by molar-refractivity contribution is -0.137. The first-order valence-corrected chi connectivity index (χ1v) is 12.3. The second-order valence-corrected chi connectivity index (χ2v) is 9.91. The Morgan fingerprint density at radius 2 is 1.81 bits per heavy atom. The minimum Gasteiger partial charge on any atom is -0.361 e. The largest absolute Gasteiger partial charge is 0.361 e. The van der Waals surface area contributed by atoms with Crippen LogP contribution in [0.4, 0.5) is 10.1 Å². The lowest BCUT2D eigenvalue weighted by Crippen LogP contribution is -2.52. The molecule has 0 spiro atoms. The number of carbonyl (C=O) groups excluding carboxylic acids is 5. The molecule has 1 saturated heterocycles. The van der Waals surface area contributed by atoms with Crippen LogP contribution in [0.1, 0.15) is 53.1 Å². The van der Waals surface area contributed by atoms with Gasteiger partial charge < -0.3 is 10.2 Å². The Morgan fingerprint density at radius 1 is 1.06 bits per heavy atom. The van der Waals surface area contributed by atoms with E-state index in [0.29, 0.717) is 26.9 Å². The number of anilines is 1. The van der Waals surface area contributed by atoms with Gasteiger partial charge in [0.05, 0.1) is 5.57 Å². The van der Waals surface area contributed by atoms with E-state index in [1.807, 2.05) is 0 Å². The number of benzene rings is 2. The molecule has 2 aromatic rings. The van der Waals surface area contributed by atoms with E-state index in [0.717, 1.165) is 0 Å². The quantitative estimate of drug-likeness (QED) is 0.341. The number of halogens is 2. The first kappa shape index (κ1) is 24.1. The van der Waals surface area contributed by atoms with Gasteiger partial charge in [-0.05, 0) is 42.2 Å². The number of nitrogens with zero attached hydrogens (tertiary/aromatic N) is 1. The molecule has 2 aromatic carbocycles. The first-order valence-electron chi connectivity index (χ1n) is 11.5. The molecule has 0 bridgehead atoms. The highest BCUT2D eigenvalue weighted by molar-refractivity contribution is 9.10. The van der Waals surface area contributed by atoms with Gasteiger partial charge in [-0.1, -0.05) is 28.1 Å². The summed E-state index contributed by atoms with van der Waals surface area (Å²) in [4.78, 5) is 63.9. The van der Waals surface area contributed by atoms with Crippen LogP contribution in [-0.4, -0.2) is 40.2 Å². The monoisotopic (exact) mass is 553 g/mol. The normalized spacial score (nSPS) is 22.0. The van der Waals surface area contributed by atoms with Crippen molar-refractivity contribution in [2.75, 3.05) is 5.32 Å². The molecule has 1 aliphatic carbocycles. The van der Waals surface area contributed by atoms with Crippen molar-refractivity contribution in [1.82, 2.24) is 10.2 Å². The summed E-state index contributed by atoms with van der Waals surface area (Å²) >= 11 is 3.31. The Bertz CT molecular complexity index is 1350. The minimum atomic E-state index is -0.738. The van der Waals surface area contributed by atoms with Gasteiger partial charge in [0.25, 0.3) is 5.91 Å². The summed E-state index contributed by atoms with van der Waals surface area (Å²) in [5.74, 6) is -2.57. The second kappa shape index (κ2) is 9.42. The second-order valence-electron chi connectivity index (χ2n) is 9.05. The van der Waals surface area contributed by atoms with Gasteiger partial charge in [-0.15, -0.1) is 0 Å². The lowest BCUT2D eigenvalue weighted by Gasteiger charge is -2.29. The lowest BCUT2D eigenvalue weighted by atomic mass is 9.80. The standard InChI is InChI=1S/C26H21BrFN3O5/c27-19-10-14(28)4-5-15(19)13-8-22(32)17(23(33)9-13)11-29-20-3-1-2-16-18(20)12-31(26(16)36)21-6-7-24(34)30-25(21)35/h1-5,10-11,13,21,29H,6-9,12H2,(H,30,34,35). The van der Waals surface area contributed by atoms with Crippen molar-refractivity contribution in [3.63, 3.8) is 0 Å². The molecule has 3 aliphatic rings. The van der Waals surface area contributed by atoms with Gasteiger partial charge in [-0.2, -0.15) is 0 Å². The highest BCUT2D eigenvalue weighted by Crippen LogP contribution is 2.36. The average Bonchev–Trinajstić information content (AvgIpc) is 3.15. The molecule has 2 aliphatic heterocycles. The molecule has 2 N–H and O–H groups in total. The summed E-state index contributed by atoms with van der Waals surface area (Å²) in [7, 11) is 0. The fraction of sp³-hybridized carbons (Fsp3) is 0.269. The van der Waals surface area contributed by atoms with E-state index in [1.165, 1.54) is 23.2 Å². The van der Waals surface area contributed by atoms with Crippen molar-refractivity contribution in [2.45, 2.75) is 44.2 Å². The van der Waals surface area contributed by atoms with Crippen molar-refractivity contribution < 1.29 is 28.4 Å². The fourth-order valence-corrected chi connectivity index (χ4v) is 5.65. The summed E-state index contributed by atoms with van der Waals surface area (Å²) in [6.07, 6.45) is 2.00. The predicted molar refractivity (Wildman–Crippen MR) is 130 cm³/mol. The zero-order valence-corrected chi connectivity index (χ0v) is 20.6. The minimum absolute atomic E-state index is 0.0356. The molecule has 5 rings (SSSR count). The van der Waals surface area contributed by atoms with Gasteiger partial charge >= 0.3 is 0 Å². The van der Waals surface area contributed by atoms with Gasteiger partial charge in [-0.25, -0.2) is 4.39 Å². The number of ketones is 2. The van der Waals surface area contributed by atoms with Gasteiger partial charge in [0.2, 0.25) is 11.8 Å². The van der Waals surface area contributed by atoms with Crippen molar-refractivity contribution in [3.05, 3.63) is 75.2 Å². The summed E-state index contributed by atoms with van der Waals surface area (Å²) in [5, 5.41) is 5.29.